The number of aromatic nitrogens is 2. The molecule has 14 nitrogen and oxygen atoms in total. The molecule has 5 saturated heterocycles. The number of carbonyl (C=O) groups excluding carboxylic acids is 5. The third-order valence-corrected chi connectivity index (χ3v) is 15.7. The highest BCUT2D eigenvalue weighted by molar-refractivity contribution is 5.96. The van der Waals surface area contributed by atoms with Gasteiger partial charge in [-0.15, -0.1) is 0 Å². The molecule has 10 rings (SSSR count). The molecule has 1 N–H and O–H groups in total. The summed E-state index contributed by atoms with van der Waals surface area (Å²) < 4.78 is 101. The number of benzene rings is 2. The van der Waals surface area contributed by atoms with E-state index in [0.29, 0.717) is 43.7 Å². The molecule has 6 heterocycles. The third kappa shape index (κ3) is 9.46. The van der Waals surface area contributed by atoms with Crippen LogP contribution in [0, 0.1) is 22.2 Å². The maximum Gasteiger partial charge on any atom is 0.416 e. The number of alkyl halides is 6. The number of likely N-dealkylation sites (tertiary alicyclic amines) is 3. The number of ether oxygens (including phenoxy) is 3. The van der Waals surface area contributed by atoms with Crippen molar-refractivity contribution >= 4 is 29.6 Å². The van der Waals surface area contributed by atoms with E-state index in [0.717, 1.165) is 48.3 Å². The molecule has 5 aliphatic heterocycles. The van der Waals surface area contributed by atoms with Crippen molar-refractivity contribution in [2.24, 2.45) is 22.2 Å². The molecule has 4 amide bonds. The van der Waals surface area contributed by atoms with Gasteiger partial charge < -0.3 is 34.2 Å². The number of methoxy groups -OCH3 is 1. The van der Waals surface area contributed by atoms with Gasteiger partial charge in [-0.2, -0.15) is 31.4 Å². The van der Waals surface area contributed by atoms with Gasteiger partial charge in [0.2, 0.25) is 17.7 Å². The molecule has 2 aliphatic carbocycles. The smallest absolute Gasteiger partial charge is 0.416 e. The number of nitrogens with one attached hydrogen (secondary N) is 1. The normalized spacial score (nSPS) is 25.0. The van der Waals surface area contributed by atoms with Crippen LogP contribution in [0.1, 0.15) is 102 Å². The Bertz CT molecular complexity index is 2420. The summed E-state index contributed by atoms with van der Waals surface area (Å²) in [7, 11) is 1.32. The van der Waals surface area contributed by atoms with Crippen LogP contribution in [0.4, 0.5) is 26.3 Å². The maximum atomic E-state index is 14.9. The molecule has 1 aromatic heterocycles. The molecule has 7 aliphatic rings. The lowest BCUT2D eigenvalue weighted by Crippen LogP contribution is -2.67. The van der Waals surface area contributed by atoms with Gasteiger partial charge in [0.05, 0.1) is 67.9 Å². The zero-order valence-electron chi connectivity index (χ0n) is 38.5. The SMILES string of the molecule is COC(=O)c1ccccc1C1CCN(C(=O)[C@@H](NC(=O)[C@@H]2CN(C(=O)c3cnn(Cc4ccc(C(F)(F)F)cc4)c3)CC23CN(C(=O)C2(C(F)(F)F)CC2)C3)[C@@H](C)OCC23CCC(CC2)OC3)CC1. The van der Waals surface area contributed by atoms with E-state index < -0.39 is 76.4 Å². The number of hydrogen-bond donors (Lipinski definition) is 1. The zero-order valence-corrected chi connectivity index (χ0v) is 38.5. The molecule has 20 heteroatoms. The topological polar surface area (TPSA) is 153 Å². The molecule has 0 radical (unpaired) electrons. The number of piperidine rings is 1. The molecule has 2 bridgehead atoms. The Hall–Kier alpha value is -5.50. The molecular weight excluding hydrogens is 915 g/mol. The van der Waals surface area contributed by atoms with E-state index in [2.05, 4.69) is 10.4 Å². The highest BCUT2D eigenvalue weighted by atomic mass is 19.4. The van der Waals surface area contributed by atoms with Crippen molar-refractivity contribution in [2.45, 2.75) is 101 Å². The van der Waals surface area contributed by atoms with E-state index in [-0.39, 0.29) is 75.2 Å². The van der Waals surface area contributed by atoms with Gasteiger partial charge in [0.15, 0.2) is 0 Å². The first-order valence-electron chi connectivity index (χ1n) is 23.6. The fourth-order valence-corrected chi connectivity index (χ4v) is 11.2. The molecular formula is C49H56F6N6O8. The van der Waals surface area contributed by atoms with E-state index >= 15 is 0 Å². The van der Waals surface area contributed by atoms with Crippen LogP contribution in [0.2, 0.25) is 0 Å². The zero-order chi connectivity index (χ0) is 49.1. The number of carbonyl (C=O) groups is 5. The van der Waals surface area contributed by atoms with Crippen LogP contribution in [0.3, 0.4) is 0 Å². The fourth-order valence-electron chi connectivity index (χ4n) is 11.2. The highest BCUT2D eigenvalue weighted by Crippen LogP contribution is 2.60. The molecule has 3 atom stereocenters. The minimum absolute atomic E-state index is 0.0429. The Kier molecular flexibility index (Phi) is 12.9. The van der Waals surface area contributed by atoms with E-state index in [1.54, 1.807) is 24.0 Å². The van der Waals surface area contributed by atoms with Crippen molar-refractivity contribution in [1.29, 1.82) is 0 Å². The number of nitrogens with zero attached hydrogens (tertiary/aromatic N) is 5. The van der Waals surface area contributed by atoms with Crippen LogP contribution in [0.25, 0.3) is 0 Å². The lowest BCUT2D eigenvalue weighted by Gasteiger charge is -2.51. The lowest BCUT2D eigenvalue weighted by molar-refractivity contribution is -0.205. The van der Waals surface area contributed by atoms with E-state index in [1.165, 1.54) is 41.2 Å². The number of amides is 4. The summed E-state index contributed by atoms with van der Waals surface area (Å²) in [5, 5.41) is 7.22. The third-order valence-electron chi connectivity index (χ3n) is 15.7. The second-order valence-corrected chi connectivity index (χ2v) is 20.2. The first-order chi connectivity index (χ1) is 32.7. The molecule has 2 aromatic carbocycles. The van der Waals surface area contributed by atoms with Crippen molar-refractivity contribution in [2.75, 3.05) is 59.6 Å². The quantitative estimate of drug-likeness (QED) is 0.155. The molecule has 69 heavy (non-hydrogen) atoms. The fraction of sp³-hybridized carbons (Fsp3) is 0.592. The van der Waals surface area contributed by atoms with Gasteiger partial charge in [-0.05, 0) is 93.5 Å². The number of halogens is 6. The van der Waals surface area contributed by atoms with E-state index in [4.69, 9.17) is 14.2 Å². The average molecular weight is 971 g/mol. The molecule has 7 fully saturated rings. The first kappa shape index (κ1) is 48.5. The molecule has 2 saturated carbocycles. The van der Waals surface area contributed by atoms with Gasteiger partial charge in [0.1, 0.15) is 11.5 Å². The van der Waals surface area contributed by atoms with Gasteiger partial charge in [0, 0.05) is 56.3 Å². The number of fused-ring (bicyclic) bond motifs is 3. The predicted octanol–water partition coefficient (Wildman–Crippen LogP) is 6.24. The monoisotopic (exact) mass is 970 g/mol. The summed E-state index contributed by atoms with van der Waals surface area (Å²) in [4.78, 5) is 74.1. The number of esters is 1. The molecule has 1 spiro atoms. The Balaban J connectivity index is 0.943. The molecule has 0 unspecified atom stereocenters. The average Bonchev–Trinajstić information content (AvgIpc) is 3.88. The van der Waals surface area contributed by atoms with Crippen molar-refractivity contribution < 1.29 is 64.5 Å². The largest absolute Gasteiger partial charge is 0.465 e. The van der Waals surface area contributed by atoms with Crippen LogP contribution < -0.4 is 5.32 Å². The van der Waals surface area contributed by atoms with Crippen LogP contribution in [-0.2, 0) is 41.3 Å². The Morgan fingerprint density at radius 3 is 2.14 bits per heavy atom. The molecule has 372 valence electrons. The van der Waals surface area contributed by atoms with E-state index in [1.807, 2.05) is 12.1 Å². The lowest BCUT2D eigenvalue weighted by atomic mass is 9.70. The van der Waals surface area contributed by atoms with Crippen LogP contribution in [0.15, 0.2) is 60.9 Å². The second kappa shape index (κ2) is 18.4. The van der Waals surface area contributed by atoms with Gasteiger partial charge in [-0.3, -0.25) is 23.9 Å². The summed E-state index contributed by atoms with van der Waals surface area (Å²) >= 11 is 0. The van der Waals surface area contributed by atoms with Crippen LogP contribution in [-0.4, -0.2) is 138 Å². The second-order valence-electron chi connectivity index (χ2n) is 20.2. The molecule has 3 aromatic rings. The van der Waals surface area contributed by atoms with Crippen molar-refractivity contribution in [3.8, 4) is 0 Å². The summed E-state index contributed by atoms with van der Waals surface area (Å²) in [5.41, 5.74) is -2.85. The highest BCUT2D eigenvalue weighted by Gasteiger charge is 2.72. The Labute approximate surface area is 394 Å². The number of hydrogen-bond acceptors (Lipinski definition) is 9. The van der Waals surface area contributed by atoms with Gasteiger partial charge >= 0.3 is 18.3 Å². The number of rotatable bonds is 13. The summed E-state index contributed by atoms with van der Waals surface area (Å²) in [5.74, 6) is -4.21. The minimum atomic E-state index is -4.76. The summed E-state index contributed by atoms with van der Waals surface area (Å²) in [6.07, 6.45) is -3.25. The Morgan fingerprint density at radius 2 is 1.54 bits per heavy atom. The van der Waals surface area contributed by atoms with Crippen LogP contribution in [0.5, 0.6) is 0 Å². The van der Waals surface area contributed by atoms with Crippen molar-refractivity contribution in [3.05, 3.63) is 88.7 Å². The summed E-state index contributed by atoms with van der Waals surface area (Å²) in [6.45, 7) is 2.43. The van der Waals surface area contributed by atoms with Gasteiger partial charge in [-0.25, -0.2) is 4.79 Å². The standard InChI is InChI=1S/C49H56F6N6O8/c1-30(68-28-45-15-11-35(12-16-45)69-29-45)39(42(64)58-19-13-32(14-20-58)36-5-3-4-6-37(36)43(65)67-2)57-40(62)38-24-59(25-46(38)26-60(27-46)44(66)47(17-18-47)49(53,54)55)41(63)33-21-56-61(23-33)22-31-7-9-34(10-8-31)48(50,51)52/h3-10,21,23,30,32,35,38-39H,11-20,22,24-29H2,1-2H3,(H,57,62)/t30-,35?,38+,39+,45?/m1/s1. The minimum Gasteiger partial charge on any atom is -0.465 e. The first-order valence-corrected chi connectivity index (χ1v) is 23.6. The summed E-state index contributed by atoms with van der Waals surface area (Å²) in [6, 6.07) is 10.5. The van der Waals surface area contributed by atoms with Gasteiger partial charge in [0.25, 0.3) is 5.91 Å². The predicted molar refractivity (Wildman–Crippen MR) is 233 cm³/mol. The van der Waals surface area contributed by atoms with Crippen LogP contribution >= 0.6 is 0 Å². The maximum absolute atomic E-state index is 14.9. The van der Waals surface area contributed by atoms with Gasteiger partial charge in [-0.1, -0.05) is 30.3 Å². The van der Waals surface area contributed by atoms with Crippen molar-refractivity contribution in [1.82, 2.24) is 29.8 Å². The van der Waals surface area contributed by atoms with Crippen molar-refractivity contribution in [3.63, 3.8) is 0 Å². The van der Waals surface area contributed by atoms with E-state index in [9.17, 15) is 50.3 Å². The Morgan fingerprint density at radius 1 is 0.870 bits per heavy atom.